The molecular formula is C26H22ClF3N6O4S. The number of nitrogens with two attached hydrogens (primary N) is 1. The first kappa shape index (κ1) is 28.4. The second-order valence-electron chi connectivity index (χ2n) is 9.31. The van der Waals surface area contributed by atoms with E-state index in [4.69, 9.17) is 22.1 Å². The molecular weight excluding hydrogens is 585 g/mol. The Morgan fingerprint density at radius 2 is 1.80 bits per heavy atom. The molecule has 10 nitrogen and oxygen atoms in total. The summed E-state index contributed by atoms with van der Waals surface area (Å²) in [7, 11) is -1.02. The number of fused-ring (bicyclic) bond motifs is 2. The van der Waals surface area contributed by atoms with Gasteiger partial charge < -0.3 is 10.5 Å². The Morgan fingerprint density at radius 1 is 1.12 bits per heavy atom. The summed E-state index contributed by atoms with van der Waals surface area (Å²) in [6.45, 7) is 0. The molecule has 0 saturated heterocycles. The zero-order valence-electron chi connectivity index (χ0n) is 21.7. The summed E-state index contributed by atoms with van der Waals surface area (Å²) in [5.74, 6) is -2.88. The van der Waals surface area contributed by atoms with Crippen molar-refractivity contribution in [1.82, 2.24) is 19.3 Å². The van der Waals surface area contributed by atoms with Crippen LogP contribution in [0.15, 0.2) is 47.3 Å². The number of hydrogen-bond acceptors (Lipinski definition) is 7. The maximum absolute atomic E-state index is 14.6. The quantitative estimate of drug-likeness (QED) is 0.286. The lowest BCUT2D eigenvalue weighted by Crippen LogP contribution is -2.30. The molecule has 0 bridgehead atoms. The molecule has 0 saturated carbocycles. The first-order chi connectivity index (χ1) is 19.3. The highest BCUT2D eigenvalue weighted by molar-refractivity contribution is 7.92. The molecule has 0 amide bonds. The first-order valence-corrected chi connectivity index (χ1v) is 14.2. The van der Waals surface area contributed by atoms with Crippen LogP contribution in [0.5, 0.6) is 5.75 Å². The average molecular weight is 607 g/mol. The van der Waals surface area contributed by atoms with E-state index in [-0.39, 0.29) is 61.9 Å². The van der Waals surface area contributed by atoms with Crippen LogP contribution < -0.4 is 20.8 Å². The normalized spacial score (nSPS) is 12.7. The van der Waals surface area contributed by atoms with E-state index in [0.717, 1.165) is 29.0 Å². The van der Waals surface area contributed by atoms with E-state index < -0.39 is 39.1 Å². The van der Waals surface area contributed by atoms with Gasteiger partial charge in [0, 0.05) is 13.1 Å². The van der Waals surface area contributed by atoms with Crippen molar-refractivity contribution in [1.29, 1.82) is 0 Å². The summed E-state index contributed by atoms with van der Waals surface area (Å²) in [6, 6.07) is 6.98. The van der Waals surface area contributed by atoms with Crippen LogP contribution in [-0.2, 0) is 23.5 Å². The van der Waals surface area contributed by atoms with Crippen LogP contribution in [0.1, 0.15) is 17.4 Å². The predicted molar refractivity (Wildman–Crippen MR) is 149 cm³/mol. The van der Waals surface area contributed by atoms with Gasteiger partial charge in [0.15, 0.2) is 17.4 Å². The van der Waals surface area contributed by atoms with E-state index in [2.05, 4.69) is 14.8 Å². The first-order valence-electron chi connectivity index (χ1n) is 11.9. The molecule has 2 aromatic heterocycles. The van der Waals surface area contributed by atoms with Gasteiger partial charge in [-0.15, -0.1) is 0 Å². The Bertz CT molecular complexity index is 2010. The lowest BCUT2D eigenvalue weighted by molar-refractivity contribution is 0.390. The standard InChI is InChI=1S/C26H22ClF3N6O4S/c1-35-22-19(7-5-16(27)20(22)24(33-35)34-41(3,38)39)36-25(18(31)10-12-8-13(28)11-14(29)9-12)32-21-15(26(36)37)4-6-17(30)23(21)40-2/h4-9,11,18H,10,31H2,1-3H3,(H,33,34). The number of anilines is 1. The number of sulfonamides is 1. The van der Waals surface area contributed by atoms with Crippen molar-refractivity contribution < 1.29 is 26.3 Å². The van der Waals surface area contributed by atoms with Gasteiger partial charge in [-0.05, 0) is 48.4 Å². The number of nitrogens with one attached hydrogen (secondary N) is 1. The van der Waals surface area contributed by atoms with Crippen LogP contribution in [0.3, 0.4) is 0 Å². The van der Waals surface area contributed by atoms with Gasteiger partial charge in [0.25, 0.3) is 5.56 Å². The molecule has 15 heteroatoms. The van der Waals surface area contributed by atoms with Crippen molar-refractivity contribution in [2.24, 2.45) is 12.8 Å². The minimum absolute atomic E-state index is 0.0178. The van der Waals surface area contributed by atoms with E-state index in [9.17, 15) is 26.4 Å². The Balaban J connectivity index is 1.85. The summed E-state index contributed by atoms with van der Waals surface area (Å²) in [4.78, 5) is 18.6. The smallest absolute Gasteiger partial charge is 0.266 e. The molecule has 3 N–H and O–H groups in total. The van der Waals surface area contributed by atoms with Gasteiger partial charge in [-0.3, -0.25) is 18.8 Å². The summed E-state index contributed by atoms with van der Waals surface area (Å²) in [5, 5.41) is 4.54. The molecule has 5 aromatic rings. The molecule has 1 atom stereocenters. The molecule has 5 rings (SSSR count). The third-order valence-electron chi connectivity index (χ3n) is 6.33. The van der Waals surface area contributed by atoms with Gasteiger partial charge in [0.2, 0.25) is 10.0 Å². The zero-order chi connectivity index (χ0) is 29.8. The molecule has 41 heavy (non-hydrogen) atoms. The van der Waals surface area contributed by atoms with Crippen molar-refractivity contribution in [2.75, 3.05) is 18.1 Å². The maximum Gasteiger partial charge on any atom is 0.266 e. The minimum atomic E-state index is -3.76. The number of methoxy groups -OCH3 is 1. The number of aromatic nitrogens is 4. The molecule has 0 spiro atoms. The summed E-state index contributed by atoms with van der Waals surface area (Å²) < 4.78 is 76.4. The molecule has 214 valence electrons. The highest BCUT2D eigenvalue weighted by atomic mass is 35.5. The van der Waals surface area contributed by atoms with Crippen LogP contribution in [0.2, 0.25) is 5.02 Å². The van der Waals surface area contributed by atoms with Crippen LogP contribution in [0.25, 0.3) is 27.5 Å². The molecule has 0 radical (unpaired) electrons. The summed E-state index contributed by atoms with van der Waals surface area (Å²) in [6.07, 6.45) is 0.787. The number of rotatable bonds is 7. The fraction of sp³-hybridized carbons (Fsp3) is 0.192. The van der Waals surface area contributed by atoms with Crippen molar-refractivity contribution in [2.45, 2.75) is 12.5 Å². The molecule has 0 aliphatic carbocycles. The number of ether oxygens (including phenoxy) is 1. The van der Waals surface area contributed by atoms with Gasteiger partial charge in [-0.25, -0.2) is 26.6 Å². The minimum Gasteiger partial charge on any atom is -0.491 e. The van der Waals surface area contributed by atoms with E-state index in [1.54, 1.807) is 0 Å². The lowest BCUT2D eigenvalue weighted by atomic mass is 10.0. The van der Waals surface area contributed by atoms with Gasteiger partial charge in [0.05, 0.1) is 46.4 Å². The molecule has 0 fully saturated rings. The summed E-state index contributed by atoms with van der Waals surface area (Å²) >= 11 is 6.45. The van der Waals surface area contributed by atoms with Crippen LogP contribution in [0, 0.1) is 17.5 Å². The SMILES string of the molecule is COc1c(F)ccc2c(=O)n(-c3ccc(Cl)c4c(NS(C)(=O)=O)nn(C)c34)c(C(N)Cc3cc(F)cc(F)c3)nc12. The van der Waals surface area contributed by atoms with Crippen LogP contribution >= 0.6 is 11.6 Å². The Morgan fingerprint density at radius 3 is 2.44 bits per heavy atom. The van der Waals surface area contributed by atoms with E-state index in [1.165, 1.54) is 37.0 Å². The highest BCUT2D eigenvalue weighted by Crippen LogP contribution is 2.36. The van der Waals surface area contributed by atoms with Crippen molar-refractivity contribution in [3.63, 3.8) is 0 Å². The summed E-state index contributed by atoms with van der Waals surface area (Å²) in [5.41, 5.74) is 6.32. The third kappa shape index (κ3) is 5.21. The third-order valence-corrected chi connectivity index (χ3v) is 7.20. The molecule has 2 heterocycles. The van der Waals surface area contributed by atoms with Gasteiger partial charge in [-0.2, -0.15) is 5.10 Å². The molecule has 1 unspecified atom stereocenters. The van der Waals surface area contributed by atoms with E-state index in [0.29, 0.717) is 6.07 Å². The number of halogens is 4. The van der Waals surface area contributed by atoms with Crippen LogP contribution in [-0.4, -0.2) is 41.1 Å². The fourth-order valence-electron chi connectivity index (χ4n) is 4.75. The molecule has 3 aromatic carbocycles. The second-order valence-corrected chi connectivity index (χ2v) is 11.5. The monoisotopic (exact) mass is 606 g/mol. The number of aryl methyl sites for hydroxylation is 1. The number of hydrogen-bond donors (Lipinski definition) is 2. The lowest BCUT2D eigenvalue weighted by Gasteiger charge is -2.20. The largest absolute Gasteiger partial charge is 0.491 e. The van der Waals surface area contributed by atoms with Gasteiger partial charge in [0.1, 0.15) is 23.0 Å². The Labute approximate surface area is 236 Å². The molecule has 0 aliphatic heterocycles. The van der Waals surface area contributed by atoms with E-state index in [1.807, 2.05) is 0 Å². The van der Waals surface area contributed by atoms with Crippen molar-refractivity contribution >= 4 is 49.2 Å². The number of benzene rings is 3. The average Bonchev–Trinajstić information content (AvgIpc) is 3.18. The second kappa shape index (κ2) is 10.4. The van der Waals surface area contributed by atoms with Crippen LogP contribution in [0.4, 0.5) is 19.0 Å². The van der Waals surface area contributed by atoms with Crippen molar-refractivity contribution in [3.8, 4) is 11.4 Å². The van der Waals surface area contributed by atoms with Gasteiger partial charge in [-0.1, -0.05) is 11.6 Å². The topological polar surface area (TPSA) is 134 Å². The fourth-order valence-corrected chi connectivity index (χ4v) is 5.49. The van der Waals surface area contributed by atoms with E-state index >= 15 is 0 Å². The highest BCUT2D eigenvalue weighted by Gasteiger charge is 2.26. The predicted octanol–water partition coefficient (Wildman–Crippen LogP) is 3.97. The number of nitrogens with zero attached hydrogens (tertiary/aromatic N) is 4. The maximum atomic E-state index is 14.6. The zero-order valence-corrected chi connectivity index (χ0v) is 23.3. The van der Waals surface area contributed by atoms with Crippen molar-refractivity contribution in [3.05, 3.63) is 86.7 Å². The Kier molecular flexibility index (Phi) is 7.17. The van der Waals surface area contributed by atoms with Gasteiger partial charge >= 0.3 is 0 Å². The Hall–Kier alpha value is -4.14. The molecule has 0 aliphatic rings.